The van der Waals surface area contributed by atoms with Crippen LogP contribution in [0.4, 0.5) is 0 Å². The summed E-state index contributed by atoms with van der Waals surface area (Å²) in [5.41, 5.74) is 4.72. The van der Waals surface area contributed by atoms with Crippen molar-refractivity contribution in [1.82, 2.24) is 10.2 Å². The van der Waals surface area contributed by atoms with Gasteiger partial charge in [0.1, 0.15) is 5.75 Å². The molecule has 1 fully saturated rings. The zero-order chi connectivity index (χ0) is 33.4. The van der Waals surface area contributed by atoms with Crippen LogP contribution in [0.15, 0.2) is 115 Å². The molecule has 0 aliphatic carbocycles. The number of hydrogen-bond donors (Lipinski definition) is 2. The third-order valence-corrected chi connectivity index (χ3v) is 10.2. The molecule has 4 heteroatoms. The molecule has 3 atom stereocenters. The van der Waals surface area contributed by atoms with Crippen LogP contribution in [0.1, 0.15) is 119 Å². The summed E-state index contributed by atoms with van der Waals surface area (Å²) in [5, 5.41) is 12.5. The number of nitrogens with one attached hydrogen (secondary N) is 1. The monoisotopic (exact) mass is 644 g/mol. The van der Waals surface area contributed by atoms with Crippen LogP contribution < -0.4 is 5.32 Å². The van der Waals surface area contributed by atoms with Gasteiger partial charge in [-0.1, -0.05) is 174 Å². The summed E-state index contributed by atoms with van der Waals surface area (Å²) in [5.74, 6) is 0.351. The van der Waals surface area contributed by atoms with E-state index in [1.807, 2.05) is 12.1 Å². The van der Waals surface area contributed by atoms with Crippen LogP contribution >= 0.6 is 0 Å². The number of rotatable bonds is 21. The molecule has 5 rings (SSSR count). The number of carbonyl (C=O) groups excluding carboxylic acids is 1. The molecule has 4 nitrogen and oxygen atoms in total. The second-order valence-corrected chi connectivity index (χ2v) is 13.7. The summed E-state index contributed by atoms with van der Waals surface area (Å²) in [7, 11) is 0. The summed E-state index contributed by atoms with van der Waals surface area (Å²) in [6, 6.07) is 41.7. The lowest BCUT2D eigenvalue weighted by Gasteiger charge is -2.39. The van der Waals surface area contributed by atoms with Crippen LogP contribution in [0.5, 0.6) is 5.75 Å². The lowest BCUT2D eigenvalue weighted by Crippen LogP contribution is -2.39. The van der Waals surface area contributed by atoms with Gasteiger partial charge in [-0.2, -0.15) is 0 Å². The lowest BCUT2D eigenvalue weighted by molar-refractivity contribution is -0.121. The van der Waals surface area contributed by atoms with Crippen LogP contribution in [0.2, 0.25) is 0 Å². The highest BCUT2D eigenvalue weighted by Gasteiger charge is 2.59. The Hall–Kier alpha value is -3.89. The van der Waals surface area contributed by atoms with E-state index >= 15 is 0 Å². The largest absolute Gasteiger partial charge is 0.508 e. The fourth-order valence-corrected chi connectivity index (χ4v) is 7.69. The van der Waals surface area contributed by atoms with Gasteiger partial charge in [-0.25, -0.2) is 0 Å². The second kappa shape index (κ2) is 18.6. The van der Waals surface area contributed by atoms with Gasteiger partial charge < -0.3 is 10.4 Å². The third-order valence-electron chi connectivity index (χ3n) is 10.2. The first-order valence-electron chi connectivity index (χ1n) is 18.6. The molecule has 0 aromatic heterocycles. The molecule has 0 radical (unpaired) electrons. The van der Waals surface area contributed by atoms with Crippen LogP contribution in [0, 0.1) is 0 Å². The van der Waals surface area contributed by atoms with E-state index in [4.69, 9.17) is 0 Å². The number of aromatic hydroxyl groups is 1. The van der Waals surface area contributed by atoms with Gasteiger partial charge >= 0.3 is 0 Å². The summed E-state index contributed by atoms with van der Waals surface area (Å²) < 4.78 is 0. The summed E-state index contributed by atoms with van der Waals surface area (Å²) in [6.07, 6.45) is 16.6. The zero-order valence-electron chi connectivity index (χ0n) is 29.0. The van der Waals surface area contributed by atoms with Crippen molar-refractivity contribution in [2.24, 2.45) is 0 Å². The van der Waals surface area contributed by atoms with Gasteiger partial charge in [0.2, 0.25) is 5.91 Å². The fourth-order valence-electron chi connectivity index (χ4n) is 7.69. The molecule has 4 aromatic carbocycles. The average molecular weight is 645 g/mol. The van der Waals surface area contributed by atoms with Crippen LogP contribution in [0.3, 0.4) is 0 Å². The highest BCUT2D eigenvalue weighted by atomic mass is 16.3. The molecule has 0 saturated carbocycles. The van der Waals surface area contributed by atoms with E-state index < -0.39 is 0 Å². The number of carbonyl (C=O) groups is 1. The van der Waals surface area contributed by atoms with Crippen molar-refractivity contribution >= 4 is 5.91 Å². The summed E-state index contributed by atoms with van der Waals surface area (Å²) >= 11 is 0. The average Bonchev–Trinajstić information content (AvgIpc) is 3.82. The van der Waals surface area contributed by atoms with Gasteiger partial charge in [0, 0.05) is 25.0 Å². The second-order valence-electron chi connectivity index (χ2n) is 13.7. The molecule has 254 valence electrons. The van der Waals surface area contributed by atoms with Crippen molar-refractivity contribution in [1.29, 1.82) is 0 Å². The minimum Gasteiger partial charge on any atom is -0.508 e. The maximum atomic E-state index is 12.4. The van der Waals surface area contributed by atoms with E-state index in [-0.39, 0.29) is 17.2 Å². The predicted octanol–water partition coefficient (Wildman–Crippen LogP) is 10.5. The number of unbranched alkanes of at least 4 members (excludes halogenated alkanes) is 9. The molecule has 1 amide bonds. The Morgan fingerprint density at radius 3 is 1.52 bits per heavy atom. The van der Waals surface area contributed by atoms with Gasteiger partial charge in [0.05, 0.1) is 5.54 Å². The highest BCUT2D eigenvalue weighted by molar-refractivity contribution is 5.75. The molecule has 1 aliphatic rings. The Kier molecular flexibility index (Phi) is 13.7. The number of phenols is 1. The molecular formula is C44H56N2O2. The topological polar surface area (TPSA) is 52.3 Å². The smallest absolute Gasteiger partial charge is 0.220 e. The van der Waals surface area contributed by atoms with Crippen LogP contribution in [-0.2, 0) is 16.9 Å². The molecular weight excluding hydrogens is 588 g/mol. The first-order valence-corrected chi connectivity index (χ1v) is 18.6. The summed E-state index contributed by atoms with van der Waals surface area (Å²) in [4.78, 5) is 15.3. The standard InChI is InChI=1S/C44H56N2O2/c1-2-3-4-5-7-19-28-41-42(29-20-8-6-9-21-30-43(48)45-35-36-31-33-40(47)34-32-36)46(41)44(37-22-13-10-14-23-37,38-24-15-11-16-25-38)39-26-17-12-18-27-39/h10-18,22-27,31-34,41-42,47H,2-9,19-21,28-30,35H2,1H3,(H,45,48). The first-order chi connectivity index (χ1) is 23.6. The predicted molar refractivity (Wildman–Crippen MR) is 199 cm³/mol. The van der Waals surface area contributed by atoms with Crippen LogP contribution in [-0.4, -0.2) is 28.0 Å². The lowest BCUT2D eigenvalue weighted by atomic mass is 9.76. The molecule has 1 aliphatic heterocycles. The summed E-state index contributed by atoms with van der Waals surface area (Å²) in [6.45, 7) is 2.80. The van der Waals surface area contributed by atoms with E-state index in [0.717, 1.165) is 18.4 Å². The molecule has 1 saturated heterocycles. The maximum Gasteiger partial charge on any atom is 0.220 e. The Morgan fingerprint density at radius 2 is 1.04 bits per heavy atom. The zero-order valence-corrected chi connectivity index (χ0v) is 29.0. The number of nitrogens with zero attached hydrogens (tertiary/aromatic N) is 1. The Labute approximate surface area is 289 Å². The van der Waals surface area contributed by atoms with Crippen molar-refractivity contribution in [3.63, 3.8) is 0 Å². The van der Waals surface area contributed by atoms with Gasteiger partial charge in [-0.15, -0.1) is 0 Å². The van der Waals surface area contributed by atoms with Gasteiger partial charge in [-0.05, 0) is 53.6 Å². The number of phenolic OH excluding ortho intramolecular Hbond substituents is 1. The quantitative estimate of drug-likeness (QED) is 0.0539. The minimum absolute atomic E-state index is 0.105. The van der Waals surface area contributed by atoms with Gasteiger partial charge in [-0.3, -0.25) is 9.69 Å². The van der Waals surface area contributed by atoms with Crippen molar-refractivity contribution in [3.05, 3.63) is 138 Å². The Balaban J connectivity index is 1.22. The van der Waals surface area contributed by atoms with E-state index in [2.05, 4.69) is 108 Å². The molecule has 0 spiro atoms. The van der Waals surface area contributed by atoms with Crippen molar-refractivity contribution in [3.8, 4) is 5.75 Å². The molecule has 48 heavy (non-hydrogen) atoms. The fraction of sp³-hybridized carbons (Fsp3) is 0.432. The maximum absolute atomic E-state index is 12.4. The van der Waals surface area contributed by atoms with E-state index in [9.17, 15) is 9.90 Å². The van der Waals surface area contributed by atoms with E-state index in [1.165, 1.54) is 87.3 Å². The SMILES string of the molecule is CCCCCCCCC1C(CCCCCCCC(=O)NCc2ccc(O)cc2)N1C(c1ccccc1)(c1ccccc1)c1ccccc1. The van der Waals surface area contributed by atoms with Crippen LogP contribution in [0.25, 0.3) is 0 Å². The van der Waals surface area contributed by atoms with Crippen molar-refractivity contribution < 1.29 is 9.90 Å². The van der Waals surface area contributed by atoms with Gasteiger partial charge in [0.15, 0.2) is 0 Å². The third kappa shape index (κ3) is 9.38. The van der Waals surface area contributed by atoms with Crippen molar-refractivity contribution in [2.75, 3.05) is 0 Å². The molecule has 0 bridgehead atoms. The number of hydrogen-bond acceptors (Lipinski definition) is 3. The Bertz CT molecular complexity index is 1380. The van der Waals surface area contributed by atoms with E-state index in [1.54, 1.807) is 12.1 Å². The minimum atomic E-state index is -0.325. The highest BCUT2D eigenvalue weighted by Crippen LogP contribution is 2.54. The first kappa shape index (κ1) is 35.4. The van der Waals surface area contributed by atoms with Crippen molar-refractivity contribution in [2.45, 2.75) is 121 Å². The van der Waals surface area contributed by atoms with E-state index in [0.29, 0.717) is 25.0 Å². The Morgan fingerprint density at radius 1 is 0.604 bits per heavy atom. The number of benzene rings is 4. The normalized spacial score (nSPS) is 17.2. The molecule has 2 N–H and O–H groups in total. The van der Waals surface area contributed by atoms with Gasteiger partial charge in [0.25, 0.3) is 0 Å². The number of amides is 1. The molecule has 3 unspecified atom stereocenters. The molecule has 4 aromatic rings. The molecule has 1 heterocycles.